The highest BCUT2D eigenvalue weighted by Crippen LogP contribution is 2.34. The smallest absolute Gasteiger partial charge is 0.127 e. The lowest BCUT2D eigenvalue weighted by atomic mass is 9.94. The van der Waals surface area contributed by atoms with Crippen LogP contribution >= 0.6 is 0 Å². The summed E-state index contributed by atoms with van der Waals surface area (Å²) in [6, 6.07) is 7.09. The Morgan fingerprint density at radius 1 is 1.05 bits per heavy atom. The number of methoxy groups -OCH3 is 1. The summed E-state index contributed by atoms with van der Waals surface area (Å²) in [7, 11) is 3.35. The highest BCUT2D eigenvalue weighted by atomic mass is 19.1. The molecule has 0 aromatic heterocycles. The van der Waals surface area contributed by atoms with Gasteiger partial charge in [-0.05, 0) is 49.7 Å². The third kappa shape index (κ3) is 3.05. The Morgan fingerprint density at radius 2 is 1.67 bits per heavy atom. The molecule has 0 saturated carbocycles. The van der Waals surface area contributed by atoms with Crippen molar-refractivity contribution < 1.29 is 13.5 Å². The summed E-state index contributed by atoms with van der Waals surface area (Å²) in [4.78, 5) is 0. The van der Waals surface area contributed by atoms with Gasteiger partial charge in [-0.15, -0.1) is 0 Å². The Bertz CT molecular complexity index is 635. The van der Waals surface area contributed by atoms with Gasteiger partial charge in [-0.2, -0.15) is 0 Å². The molecule has 112 valence electrons. The van der Waals surface area contributed by atoms with Crippen LogP contribution < -0.4 is 10.1 Å². The summed E-state index contributed by atoms with van der Waals surface area (Å²) < 4.78 is 32.4. The summed E-state index contributed by atoms with van der Waals surface area (Å²) in [6.45, 7) is 3.97. The summed E-state index contributed by atoms with van der Waals surface area (Å²) in [6.07, 6.45) is 0. The van der Waals surface area contributed by atoms with Gasteiger partial charge in [0.15, 0.2) is 0 Å². The lowest BCUT2D eigenvalue weighted by Crippen LogP contribution is -2.19. The van der Waals surface area contributed by atoms with Gasteiger partial charge in [0.05, 0.1) is 13.2 Å². The molecule has 1 N–H and O–H groups in total. The van der Waals surface area contributed by atoms with Crippen molar-refractivity contribution in [1.82, 2.24) is 5.32 Å². The largest absolute Gasteiger partial charge is 0.496 e. The van der Waals surface area contributed by atoms with Crippen LogP contribution in [0.4, 0.5) is 8.78 Å². The second-order valence-electron chi connectivity index (χ2n) is 5.05. The zero-order valence-corrected chi connectivity index (χ0v) is 12.6. The molecule has 0 aliphatic heterocycles. The molecule has 2 aromatic rings. The Balaban J connectivity index is 2.59. The van der Waals surface area contributed by atoms with Gasteiger partial charge in [-0.25, -0.2) is 8.78 Å². The van der Waals surface area contributed by atoms with E-state index >= 15 is 0 Å². The molecule has 1 unspecified atom stereocenters. The predicted molar refractivity (Wildman–Crippen MR) is 79.7 cm³/mol. The molecule has 2 nitrogen and oxygen atoms in total. The first-order valence-corrected chi connectivity index (χ1v) is 6.75. The van der Waals surface area contributed by atoms with E-state index in [0.29, 0.717) is 5.56 Å². The maximum atomic E-state index is 13.5. The molecule has 21 heavy (non-hydrogen) atoms. The van der Waals surface area contributed by atoms with Crippen molar-refractivity contribution >= 4 is 0 Å². The molecule has 0 aliphatic rings. The van der Waals surface area contributed by atoms with Crippen LogP contribution in [-0.4, -0.2) is 14.2 Å². The second-order valence-corrected chi connectivity index (χ2v) is 5.05. The molecule has 2 rings (SSSR count). The van der Waals surface area contributed by atoms with E-state index in [0.717, 1.165) is 28.5 Å². The minimum Gasteiger partial charge on any atom is -0.496 e. The molecule has 0 amide bonds. The number of halogens is 2. The molecule has 0 fully saturated rings. The van der Waals surface area contributed by atoms with Crippen molar-refractivity contribution in [3.8, 4) is 5.75 Å². The van der Waals surface area contributed by atoms with Gasteiger partial charge in [-0.1, -0.05) is 12.1 Å². The normalized spacial score (nSPS) is 12.3. The van der Waals surface area contributed by atoms with Crippen molar-refractivity contribution in [1.29, 1.82) is 0 Å². The van der Waals surface area contributed by atoms with Crippen molar-refractivity contribution in [3.05, 3.63) is 64.2 Å². The SMILES string of the molecule is CNC(c1cc(F)cc(F)c1)c1ccc(C)c(C)c1OC. The van der Waals surface area contributed by atoms with Crippen molar-refractivity contribution in [2.45, 2.75) is 19.9 Å². The van der Waals surface area contributed by atoms with Crippen LogP contribution in [0, 0.1) is 25.5 Å². The van der Waals surface area contributed by atoms with Crippen molar-refractivity contribution in [2.24, 2.45) is 0 Å². The molecule has 0 aliphatic carbocycles. The summed E-state index contributed by atoms with van der Waals surface area (Å²) >= 11 is 0. The topological polar surface area (TPSA) is 21.3 Å². The quantitative estimate of drug-likeness (QED) is 0.922. The number of aryl methyl sites for hydroxylation is 1. The fourth-order valence-corrected chi connectivity index (χ4v) is 2.55. The number of hydrogen-bond donors (Lipinski definition) is 1. The highest BCUT2D eigenvalue weighted by molar-refractivity contribution is 5.49. The van der Waals surface area contributed by atoms with E-state index in [1.165, 1.54) is 12.1 Å². The molecule has 4 heteroatoms. The first-order chi connectivity index (χ1) is 9.97. The maximum Gasteiger partial charge on any atom is 0.127 e. The van der Waals surface area contributed by atoms with Gasteiger partial charge >= 0.3 is 0 Å². The van der Waals surface area contributed by atoms with Crippen LogP contribution in [-0.2, 0) is 0 Å². The number of nitrogens with one attached hydrogen (secondary N) is 1. The van der Waals surface area contributed by atoms with E-state index in [1.54, 1.807) is 14.2 Å². The van der Waals surface area contributed by atoms with Crippen LogP contribution in [0.25, 0.3) is 0 Å². The van der Waals surface area contributed by atoms with E-state index in [2.05, 4.69) is 5.32 Å². The maximum absolute atomic E-state index is 13.5. The molecular weight excluding hydrogens is 272 g/mol. The summed E-state index contributed by atoms with van der Waals surface area (Å²) in [5, 5.41) is 3.10. The van der Waals surface area contributed by atoms with Crippen LogP contribution in [0.15, 0.2) is 30.3 Å². The molecular formula is C17H19F2NO. The van der Waals surface area contributed by atoms with Gasteiger partial charge in [0.1, 0.15) is 17.4 Å². The van der Waals surface area contributed by atoms with E-state index in [4.69, 9.17) is 4.74 Å². The average molecular weight is 291 g/mol. The highest BCUT2D eigenvalue weighted by Gasteiger charge is 2.20. The Morgan fingerprint density at radius 3 is 2.19 bits per heavy atom. The first kappa shape index (κ1) is 15.4. The predicted octanol–water partition coefficient (Wildman–Crippen LogP) is 3.90. The Hall–Kier alpha value is -1.94. The van der Waals surface area contributed by atoms with Crippen LogP contribution in [0.3, 0.4) is 0 Å². The van der Waals surface area contributed by atoms with E-state index < -0.39 is 11.6 Å². The van der Waals surface area contributed by atoms with Gasteiger partial charge in [0.2, 0.25) is 0 Å². The third-order valence-electron chi connectivity index (χ3n) is 3.73. The average Bonchev–Trinajstić information content (AvgIpc) is 2.43. The lowest BCUT2D eigenvalue weighted by molar-refractivity contribution is 0.401. The first-order valence-electron chi connectivity index (χ1n) is 6.75. The number of rotatable bonds is 4. The molecule has 0 heterocycles. The fraction of sp³-hybridized carbons (Fsp3) is 0.294. The lowest BCUT2D eigenvalue weighted by Gasteiger charge is -2.22. The van der Waals surface area contributed by atoms with Crippen molar-refractivity contribution in [2.75, 3.05) is 14.2 Å². The minimum atomic E-state index is -0.590. The van der Waals surface area contributed by atoms with Crippen molar-refractivity contribution in [3.63, 3.8) is 0 Å². The summed E-state index contributed by atoms with van der Waals surface area (Å²) in [5.74, 6) is -0.444. The van der Waals surface area contributed by atoms with E-state index in [1.807, 2.05) is 26.0 Å². The monoisotopic (exact) mass is 291 g/mol. The fourth-order valence-electron chi connectivity index (χ4n) is 2.55. The van der Waals surface area contributed by atoms with E-state index in [-0.39, 0.29) is 6.04 Å². The second kappa shape index (κ2) is 6.22. The zero-order valence-electron chi connectivity index (χ0n) is 12.6. The standard InChI is InChI=1S/C17H19F2NO/c1-10-5-6-15(17(21-4)11(10)2)16(20-3)12-7-13(18)9-14(19)8-12/h5-9,16,20H,1-4H3. The zero-order chi connectivity index (χ0) is 15.6. The van der Waals surface area contributed by atoms with Gasteiger partial charge in [0.25, 0.3) is 0 Å². The third-order valence-corrected chi connectivity index (χ3v) is 3.73. The number of ether oxygens (including phenoxy) is 1. The number of hydrogen-bond acceptors (Lipinski definition) is 2. The number of benzene rings is 2. The van der Waals surface area contributed by atoms with Gasteiger partial charge < -0.3 is 10.1 Å². The van der Waals surface area contributed by atoms with Gasteiger partial charge in [-0.3, -0.25) is 0 Å². The minimum absolute atomic E-state index is 0.343. The molecule has 0 bridgehead atoms. The summed E-state index contributed by atoms with van der Waals surface area (Å²) in [5.41, 5.74) is 3.51. The van der Waals surface area contributed by atoms with E-state index in [9.17, 15) is 8.78 Å². The molecule has 1 atom stereocenters. The molecule has 0 spiro atoms. The van der Waals surface area contributed by atoms with Gasteiger partial charge in [0, 0.05) is 11.6 Å². The molecule has 0 saturated heterocycles. The Kier molecular flexibility index (Phi) is 4.58. The Labute approximate surface area is 123 Å². The molecule has 2 aromatic carbocycles. The van der Waals surface area contributed by atoms with Crippen LogP contribution in [0.5, 0.6) is 5.75 Å². The molecule has 0 radical (unpaired) electrons. The van der Waals surface area contributed by atoms with Crippen LogP contribution in [0.2, 0.25) is 0 Å². The van der Waals surface area contributed by atoms with Crippen LogP contribution in [0.1, 0.15) is 28.3 Å².